The third-order valence-electron chi connectivity index (χ3n) is 3.57. The van der Waals surface area contributed by atoms with Crippen LogP contribution in [0.15, 0.2) is 30.9 Å². The molecular weight excluding hydrogens is 260 g/mol. The highest BCUT2D eigenvalue weighted by Gasteiger charge is 2.27. The van der Waals surface area contributed by atoms with Gasteiger partial charge in [-0.05, 0) is 31.0 Å². The summed E-state index contributed by atoms with van der Waals surface area (Å²) < 4.78 is 0. The lowest BCUT2D eigenvalue weighted by molar-refractivity contribution is 0.0707. The number of carbonyl (C=O) groups excluding carboxylic acids is 1. The molecule has 3 nitrogen and oxygen atoms in total. The van der Waals surface area contributed by atoms with Crippen molar-refractivity contribution >= 4 is 23.2 Å². The maximum Gasteiger partial charge on any atom is 0.255 e. The van der Waals surface area contributed by atoms with Gasteiger partial charge in [0.2, 0.25) is 0 Å². The normalized spacial score (nSPS) is 15.4. The second-order valence-electron chi connectivity index (χ2n) is 4.92. The minimum absolute atomic E-state index is 0.0518. The summed E-state index contributed by atoms with van der Waals surface area (Å²) in [5.74, 6) is -0.0518. The molecule has 0 bridgehead atoms. The SMILES string of the molecule is C=CCN(C(=O)c1cc(N)ccc1Cl)C1CCCC1. The fraction of sp³-hybridized carbons (Fsp3) is 0.400. The molecule has 1 aliphatic carbocycles. The number of halogens is 1. The topological polar surface area (TPSA) is 46.3 Å². The molecule has 19 heavy (non-hydrogen) atoms. The summed E-state index contributed by atoms with van der Waals surface area (Å²) in [7, 11) is 0. The maximum atomic E-state index is 12.6. The van der Waals surface area contributed by atoms with Gasteiger partial charge < -0.3 is 10.6 Å². The van der Waals surface area contributed by atoms with Crippen LogP contribution >= 0.6 is 11.6 Å². The minimum Gasteiger partial charge on any atom is -0.399 e. The van der Waals surface area contributed by atoms with E-state index in [1.54, 1.807) is 24.3 Å². The van der Waals surface area contributed by atoms with Gasteiger partial charge in [0, 0.05) is 18.3 Å². The molecule has 0 atom stereocenters. The Balaban J connectivity index is 2.27. The Labute approximate surface area is 119 Å². The zero-order chi connectivity index (χ0) is 13.8. The lowest BCUT2D eigenvalue weighted by Gasteiger charge is -2.28. The molecule has 0 unspecified atom stereocenters. The number of hydrogen-bond donors (Lipinski definition) is 1. The zero-order valence-corrected chi connectivity index (χ0v) is 11.7. The molecule has 0 heterocycles. The Morgan fingerprint density at radius 2 is 2.16 bits per heavy atom. The van der Waals surface area contributed by atoms with Gasteiger partial charge in [0.05, 0.1) is 10.6 Å². The van der Waals surface area contributed by atoms with Crippen LogP contribution < -0.4 is 5.73 Å². The molecule has 0 spiro atoms. The van der Waals surface area contributed by atoms with Crippen molar-refractivity contribution in [3.05, 3.63) is 41.4 Å². The Bertz CT molecular complexity index is 481. The van der Waals surface area contributed by atoms with Crippen molar-refractivity contribution in [2.45, 2.75) is 31.7 Å². The van der Waals surface area contributed by atoms with Crippen LogP contribution in [0.2, 0.25) is 5.02 Å². The highest BCUT2D eigenvalue weighted by Crippen LogP contribution is 2.27. The number of hydrogen-bond acceptors (Lipinski definition) is 2. The van der Waals surface area contributed by atoms with E-state index >= 15 is 0 Å². The number of nitrogens with two attached hydrogens (primary N) is 1. The van der Waals surface area contributed by atoms with E-state index in [2.05, 4.69) is 6.58 Å². The molecule has 1 fully saturated rings. The first kappa shape index (κ1) is 13.9. The van der Waals surface area contributed by atoms with Crippen LogP contribution in [0, 0.1) is 0 Å². The number of carbonyl (C=O) groups is 1. The van der Waals surface area contributed by atoms with Gasteiger partial charge in [-0.1, -0.05) is 30.5 Å². The highest BCUT2D eigenvalue weighted by molar-refractivity contribution is 6.34. The van der Waals surface area contributed by atoms with Gasteiger partial charge in [-0.3, -0.25) is 4.79 Å². The quantitative estimate of drug-likeness (QED) is 0.677. The Morgan fingerprint density at radius 1 is 1.47 bits per heavy atom. The summed E-state index contributed by atoms with van der Waals surface area (Å²) in [6.45, 7) is 4.29. The van der Waals surface area contributed by atoms with Crippen LogP contribution in [-0.2, 0) is 0 Å². The van der Waals surface area contributed by atoms with E-state index in [0.717, 1.165) is 12.8 Å². The molecule has 1 amide bonds. The molecule has 1 aliphatic rings. The van der Waals surface area contributed by atoms with E-state index < -0.39 is 0 Å². The van der Waals surface area contributed by atoms with Gasteiger partial charge >= 0.3 is 0 Å². The fourth-order valence-electron chi connectivity index (χ4n) is 2.61. The van der Waals surface area contributed by atoms with Crippen molar-refractivity contribution in [1.29, 1.82) is 0 Å². The Hall–Kier alpha value is -1.48. The largest absolute Gasteiger partial charge is 0.399 e. The van der Waals surface area contributed by atoms with Gasteiger partial charge in [-0.25, -0.2) is 0 Å². The summed E-state index contributed by atoms with van der Waals surface area (Å²) in [4.78, 5) is 14.5. The van der Waals surface area contributed by atoms with Gasteiger partial charge in [0.25, 0.3) is 5.91 Å². The van der Waals surface area contributed by atoms with Crippen LogP contribution in [0.25, 0.3) is 0 Å². The predicted molar refractivity (Wildman–Crippen MR) is 79.4 cm³/mol. The van der Waals surface area contributed by atoms with Crippen molar-refractivity contribution in [2.75, 3.05) is 12.3 Å². The lowest BCUT2D eigenvalue weighted by Crippen LogP contribution is -2.39. The van der Waals surface area contributed by atoms with Crippen LogP contribution in [0.4, 0.5) is 5.69 Å². The third-order valence-corrected chi connectivity index (χ3v) is 3.90. The van der Waals surface area contributed by atoms with Crippen molar-refractivity contribution in [3.63, 3.8) is 0 Å². The lowest BCUT2D eigenvalue weighted by atomic mass is 10.1. The van der Waals surface area contributed by atoms with E-state index in [-0.39, 0.29) is 5.91 Å². The van der Waals surface area contributed by atoms with Crippen molar-refractivity contribution < 1.29 is 4.79 Å². The first-order chi connectivity index (χ1) is 9.13. The van der Waals surface area contributed by atoms with E-state index in [0.29, 0.717) is 28.9 Å². The second-order valence-corrected chi connectivity index (χ2v) is 5.33. The minimum atomic E-state index is -0.0518. The molecule has 4 heteroatoms. The van der Waals surface area contributed by atoms with Gasteiger partial charge in [0.1, 0.15) is 0 Å². The number of nitrogens with zero attached hydrogens (tertiary/aromatic N) is 1. The van der Waals surface area contributed by atoms with Crippen molar-refractivity contribution in [1.82, 2.24) is 4.90 Å². The fourth-order valence-corrected chi connectivity index (χ4v) is 2.81. The molecule has 1 saturated carbocycles. The average molecular weight is 279 g/mol. The highest BCUT2D eigenvalue weighted by atomic mass is 35.5. The summed E-state index contributed by atoms with van der Waals surface area (Å²) in [5, 5.41) is 0.450. The number of nitrogen functional groups attached to an aromatic ring is 1. The molecule has 2 N–H and O–H groups in total. The smallest absolute Gasteiger partial charge is 0.255 e. The van der Waals surface area contributed by atoms with Crippen LogP contribution in [0.5, 0.6) is 0 Å². The van der Waals surface area contributed by atoms with Crippen LogP contribution in [-0.4, -0.2) is 23.4 Å². The van der Waals surface area contributed by atoms with Gasteiger partial charge in [0.15, 0.2) is 0 Å². The van der Waals surface area contributed by atoms with Crippen molar-refractivity contribution in [3.8, 4) is 0 Å². The molecule has 2 rings (SSSR count). The summed E-state index contributed by atoms with van der Waals surface area (Å²) in [6, 6.07) is 5.32. The standard InChI is InChI=1S/C15H19ClN2O/c1-2-9-18(12-5-3-4-6-12)15(19)13-10-11(17)7-8-14(13)16/h2,7-8,10,12H,1,3-6,9,17H2. The molecule has 1 aromatic rings. The summed E-state index contributed by atoms with van der Waals surface area (Å²) >= 11 is 6.11. The van der Waals surface area contributed by atoms with Gasteiger partial charge in [-0.15, -0.1) is 6.58 Å². The van der Waals surface area contributed by atoms with Crippen LogP contribution in [0.1, 0.15) is 36.0 Å². The Morgan fingerprint density at radius 3 is 2.79 bits per heavy atom. The molecule has 0 aliphatic heterocycles. The first-order valence-corrected chi connectivity index (χ1v) is 6.98. The van der Waals surface area contributed by atoms with E-state index in [1.165, 1.54) is 12.8 Å². The molecule has 0 radical (unpaired) electrons. The molecule has 1 aromatic carbocycles. The Kier molecular flexibility index (Phi) is 4.48. The van der Waals surface area contributed by atoms with E-state index in [4.69, 9.17) is 17.3 Å². The van der Waals surface area contributed by atoms with Crippen LogP contribution in [0.3, 0.4) is 0 Å². The number of amides is 1. The zero-order valence-electron chi connectivity index (χ0n) is 10.9. The van der Waals surface area contributed by atoms with E-state index in [9.17, 15) is 4.79 Å². The average Bonchev–Trinajstić information content (AvgIpc) is 2.92. The molecular formula is C15H19ClN2O. The maximum absolute atomic E-state index is 12.6. The molecule has 0 saturated heterocycles. The van der Waals surface area contributed by atoms with Gasteiger partial charge in [-0.2, -0.15) is 0 Å². The molecule has 0 aromatic heterocycles. The third kappa shape index (κ3) is 3.10. The molecule has 102 valence electrons. The first-order valence-electron chi connectivity index (χ1n) is 6.60. The number of benzene rings is 1. The monoisotopic (exact) mass is 278 g/mol. The second kappa shape index (κ2) is 6.11. The number of rotatable bonds is 4. The van der Waals surface area contributed by atoms with E-state index in [1.807, 2.05) is 4.90 Å². The summed E-state index contributed by atoms with van der Waals surface area (Å²) in [5.41, 5.74) is 6.78. The number of anilines is 1. The summed E-state index contributed by atoms with van der Waals surface area (Å²) in [6.07, 6.45) is 6.22. The predicted octanol–water partition coefficient (Wildman–Crippen LogP) is 3.49. The van der Waals surface area contributed by atoms with Crippen molar-refractivity contribution in [2.24, 2.45) is 0 Å².